The molecular formula is C11H15N3S2. The summed E-state index contributed by atoms with van der Waals surface area (Å²) in [5.74, 6) is 0. The van der Waals surface area contributed by atoms with Crippen molar-refractivity contribution in [3.63, 3.8) is 0 Å². The van der Waals surface area contributed by atoms with E-state index in [-0.39, 0.29) is 0 Å². The van der Waals surface area contributed by atoms with Gasteiger partial charge in [-0.05, 0) is 13.5 Å². The molecule has 16 heavy (non-hydrogen) atoms. The van der Waals surface area contributed by atoms with E-state index in [9.17, 15) is 0 Å². The molecule has 0 aromatic carbocycles. The summed E-state index contributed by atoms with van der Waals surface area (Å²) >= 11 is 3.47. The molecule has 2 heterocycles. The van der Waals surface area contributed by atoms with Crippen LogP contribution in [-0.4, -0.2) is 16.5 Å². The van der Waals surface area contributed by atoms with Gasteiger partial charge >= 0.3 is 0 Å². The van der Waals surface area contributed by atoms with Crippen LogP contribution in [0.4, 0.5) is 0 Å². The largest absolute Gasteiger partial charge is 0.312 e. The summed E-state index contributed by atoms with van der Waals surface area (Å²) in [5.41, 5.74) is 1.13. The molecule has 0 spiro atoms. The Morgan fingerprint density at radius 3 is 3.00 bits per heavy atom. The lowest BCUT2D eigenvalue weighted by molar-refractivity contribution is 0.734. The van der Waals surface area contributed by atoms with Crippen molar-refractivity contribution in [1.29, 1.82) is 0 Å². The van der Waals surface area contributed by atoms with E-state index in [0.29, 0.717) is 0 Å². The maximum atomic E-state index is 4.45. The van der Waals surface area contributed by atoms with Gasteiger partial charge in [0.2, 0.25) is 0 Å². The van der Waals surface area contributed by atoms with Gasteiger partial charge in [-0.3, -0.25) is 0 Å². The molecule has 2 aromatic rings. The van der Waals surface area contributed by atoms with Crippen LogP contribution in [0, 0.1) is 6.92 Å². The van der Waals surface area contributed by atoms with Crippen LogP contribution in [0.25, 0.3) is 0 Å². The first-order valence-corrected chi connectivity index (χ1v) is 7.03. The maximum absolute atomic E-state index is 4.45. The van der Waals surface area contributed by atoms with E-state index in [1.807, 2.05) is 13.1 Å². The summed E-state index contributed by atoms with van der Waals surface area (Å²) in [4.78, 5) is 10.2. The summed E-state index contributed by atoms with van der Waals surface area (Å²) in [6.07, 6.45) is 2.82. The molecule has 3 nitrogen and oxygen atoms in total. The highest BCUT2D eigenvalue weighted by Gasteiger charge is 2.05. The average Bonchev–Trinajstić information content (AvgIpc) is 2.86. The molecule has 86 valence electrons. The normalized spacial score (nSPS) is 10.9. The summed E-state index contributed by atoms with van der Waals surface area (Å²) in [5, 5.41) is 7.69. The number of hydrogen-bond donors (Lipinski definition) is 1. The second kappa shape index (κ2) is 5.52. The number of aromatic nitrogens is 2. The molecule has 0 fully saturated rings. The van der Waals surface area contributed by atoms with Crippen molar-refractivity contribution in [2.24, 2.45) is 0 Å². The Balaban J connectivity index is 1.97. The lowest BCUT2D eigenvalue weighted by Gasteiger charge is -1.95. The predicted molar refractivity (Wildman–Crippen MR) is 69.2 cm³/mol. The van der Waals surface area contributed by atoms with E-state index in [2.05, 4.69) is 27.6 Å². The first-order valence-electron chi connectivity index (χ1n) is 5.33. The molecule has 0 amide bonds. The van der Waals surface area contributed by atoms with Crippen molar-refractivity contribution in [2.75, 3.05) is 6.54 Å². The highest BCUT2D eigenvalue weighted by atomic mass is 32.1. The summed E-state index contributed by atoms with van der Waals surface area (Å²) < 4.78 is 0. The van der Waals surface area contributed by atoms with Crippen molar-refractivity contribution >= 4 is 22.7 Å². The number of aryl methyl sites for hydroxylation is 1. The molecule has 2 aromatic heterocycles. The zero-order valence-electron chi connectivity index (χ0n) is 9.49. The zero-order chi connectivity index (χ0) is 11.4. The maximum Gasteiger partial charge on any atom is 0.0988 e. The van der Waals surface area contributed by atoms with Gasteiger partial charge in [-0.1, -0.05) is 6.92 Å². The van der Waals surface area contributed by atoms with Gasteiger partial charge in [0, 0.05) is 29.4 Å². The Bertz CT molecular complexity index is 448. The van der Waals surface area contributed by atoms with E-state index in [4.69, 9.17) is 0 Å². The second-order valence-corrected chi connectivity index (χ2v) is 5.80. The smallest absolute Gasteiger partial charge is 0.0988 e. The molecule has 1 N–H and O–H groups in total. The first-order chi connectivity index (χ1) is 7.78. The number of nitrogens with zero attached hydrogens (tertiary/aromatic N) is 2. The SMILES string of the molecule is CCNCc1cnc(Cc2csc(C)n2)s1. The third-order valence-corrected chi connectivity index (χ3v) is 3.97. The van der Waals surface area contributed by atoms with Crippen molar-refractivity contribution in [2.45, 2.75) is 26.8 Å². The van der Waals surface area contributed by atoms with Crippen LogP contribution in [-0.2, 0) is 13.0 Å². The van der Waals surface area contributed by atoms with Crippen molar-refractivity contribution in [3.05, 3.63) is 32.2 Å². The molecular weight excluding hydrogens is 238 g/mol. The molecule has 0 saturated heterocycles. The Kier molecular flexibility index (Phi) is 4.04. The number of nitrogens with one attached hydrogen (secondary N) is 1. The van der Waals surface area contributed by atoms with Gasteiger partial charge in [-0.25, -0.2) is 9.97 Å². The fourth-order valence-electron chi connectivity index (χ4n) is 1.40. The van der Waals surface area contributed by atoms with E-state index >= 15 is 0 Å². The van der Waals surface area contributed by atoms with Crippen LogP contribution in [0.5, 0.6) is 0 Å². The third kappa shape index (κ3) is 3.10. The van der Waals surface area contributed by atoms with E-state index in [1.54, 1.807) is 22.7 Å². The monoisotopic (exact) mass is 253 g/mol. The van der Waals surface area contributed by atoms with Gasteiger partial charge in [0.1, 0.15) is 0 Å². The molecule has 5 heteroatoms. The van der Waals surface area contributed by atoms with Crippen LogP contribution < -0.4 is 5.32 Å². The van der Waals surface area contributed by atoms with Gasteiger partial charge in [-0.2, -0.15) is 0 Å². The van der Waals surface area contributed by atoms with Crippen LogP contribution in [0.1, 0.15) is 27.5 Å². The lowest BCUT2D eigenvalue weighted by Crippen LogP contribution is -2.10. The predicted octanol–water partition coefficient (Wildman–Crippen LogP) is 2.61. The molecule has 0 saturated carbocycles. The molecule has 0 aliphatic carbocycles. The third-order valence-electron chi connectivity index (χ3n) is 2.15. The summed E-state index contributed by atoms with van der Waals surface area (Å²) in [7, 11) is 0. The highest BCUT2D eigenvalue weighted by Crippen LogP contribution is 2.18. The topological polar surface area (TPSA) is 37.8 Å². The minimum absolute atomic E-state index is 0.862. The molecule has 0 unspecified atom stereocenters. The number of rotatable bonds is 5. The van der Waals surface area contributed by atoms with Gasteiger partial charge in [-0.15, -0.1) is 22.7 Å². The van der Waals surface area contributed by atoms with E-state index in [1.165, 1.54) is 4.88 Å². The van der Waals surface area contributed by atoms with Crippen molar-refractivity contribution in [1.82, 2.24) is 15.3 Å². The molecule has 0 bridgehead atoms. The Labute approximate surface area is 104 Å². The molecule has 0 radical (unpaired) electrons. The lowest BCUT2D eigenvalue weighted by atomic mass is 10.3. The highest BCUT2D eigenvalue weighted by molar-refractivity contribution is 7.11. The second-order valence-electron chi connectivity index (χ2n) is 3.54. The summed E-state index contributed by atoms with van der Waals surface area (Å²) in [6, 6.07) is 0. The molecule has 2 rings (SSSR count). The fraction of sp³-hybridized carbons (Fsp3) is 0.455. The van der Waals surface area contributed by atoms with E-state index < -0.39 is 0 Å². The summed E-state index contributed by atoms with van der Waals surface area (Å²) in [6.45, 7) is 6.06. The zero-order valence-corrected chi connectivity index (χ0v) is 11.1. The number of hydrogen-bond acceptors (Lipinski definition) is 5. The van der Waals surface area contributed by atoms with Gasteiger partial charge in [0.15, 0.2) is 0 Å². The Morgan fingerprint density at radius 1 is 1.44 bits per heavy atom. The molecule has 0 aliphatic heterocycles. The van der Waals surface area contributed by atoms with Gasteiger partial charge < -0.3 is 5.32 Å². The first kappa shape index (κ1) is 11.7. The Morgan fingerprint density at radius 2 is 2.31 bits per heavy atom. The van der Waals surface area contributed by atoms with Crippen molar-refractivity contribution in [3.8, 4) is 0 Å². The molecule has 0 aliphatic rings. The molecule has 0 atom stereocenters. The number of thiazole rings is 2. The minimum Gasteiger partial charge on any atom is -0.312 e. The Hall–Kier alpha value is -0.780. The fourth-order valence-corrected chi connectivity index (χ4v) is 2.92. The van der Waals surface area contributed by atoms with Crippen LogP contribution in [0.3, 0.4) is 0 Å². The van der Waals surface area contributed by atoms with E-state index in [0.717, 1.165) is 35.2 Å². The van der Waals surface area contributed by atoms with Gasteiger partial charge in [0.25, 0.3) is 0 Å². The quantitative estimate of drug-likeness (QED) is 0.890. The van der Waals surface area contributed by atoms with Crippen molar-refractivity contribution < 1.29 is 0 Å². The van der Waals surface area contributed by atoms with Crippen LogP contribution in [0.2, 0.25) is 0 Å². The van der Waals surface area contributed by atoms with Crippen LogP contribution in [0.15, 0.2) is 11.6 Å². The van der Waals surface area contributed by atoms with Gasteiger partial charge in [0.05, 0.1) is 15.7 Å². The standard InChI is InChI=1S/C11H15N3S2/c1-3-12-5-10-6-13-11(16-10)4-9-7-15-8(2)14-9/h6-7,12H,3-5H2,1-2H3. The minimum atomic E-state index is 0.862. The van der Waals surface area contributed by atoms with Crippen LogP contribution >= 0.6 is 22.7 Å². The average molecular weight is 253 g/mol.